The minimum absolute atomic E-state index is 0.0295. The van der Waals surface area contributed by atoms with Crippen molar-refractivity contribution in [3.8, 4) is 0 Å². The molecule has 2 aromatic rings. The summed E-state index contributed by atoms with van der Waals surface area (Å²) in [6.45, 7) is 0.400. The first-order valence-corrected chi connectivity index (χ1v) is 9.35. The zero-order valence-corrected chi connectivity index (χ0v) is 14.9. The second kappa shape index (κ2) is 8.71. The largest absolute Gasteiger partial charge is 0.352 e. The molecule has 1 aromatic heterocycles. The molecular formula is C18H22N4O2S. The lowest BCUT2D eigenvalue weighted by atomic mass is 9.95. The van der Waals surface area contributed by atoms with Crippen LogP contribution in [0.15, 0.2) is 36.5 Å². The van der Waals surface area contributed by atoms with E-state index in [1.54, 1.807) is 0 Å². The van der Waals surface area contributed by atoms with Gasteiger partial charge in [0, 0.05) is 12.6 Å². The third kappa shape index (κ3) is 5.09. The summed E-state index contributed by atoms with van der Waals surface area (Å²) in [6.07, 6.45) is 7.04. The Morgan fingerprint density at radius 3 is 2.60 bits per heavy atom. The normalized spacial score (nSPS) is 14.9. The molecule has 6 nitrogen and oxygen atoms in total. The quantitative estimate of drug-likeness (QED) is 0.861. The fourth-order valence-corrected chi connectivity index (χ4v) is 3.53. The van der Waals surface area contributed by atoms with Crippen LogP contribution in [0.1, 0.15) is 48.2 Å². The van der Waals surface area contributed by atoms with E-state index < -0.39 is 0 Å². The molecule has 1 aliphatic rings. The average molecular weight is 358 g/mol. The van der Waals surface area contributed by atoms with Gasteiger partial charge in [-0.1, -0.05) is 49.6 Å². The summed E-state index contributed by atoms with van der Waals surface area (Å²) in [7, 11) is 0. The van der Waals surface area contributed by atoms with Crippen LogP contribution in [0, 0.1) is 0 Å². The Morgan fingerprint density at radius 2 is 1.92 bits per heavy atom. The first-order valence-electron chi connectivity index (χ1n) is 8.62. The highest BCUT2D eigenvalue weighted by atomic mass is 32.1. The Kier molecular flexibility index (Phi) is 6.11. The second-order valence-electron chi connectivity index (χ2n) is 6.34. The summed E-state index contributed by atoms with van der Waals surface area (Å²) in [5.41, 5.74) is 1.26. The number of carbonyl (C=O) groups excluding carboxylic acids is 2. The molecule has 0 unspecified atom stereocenters. The molecule has 0 radical (unpaired) electrons. The maximum Gasteiger partial charge on any atom is 0.276 e. The minimum atomic E-state index is -0.267. The number of carbonyl (C=O) groups is 2. The van der Waals surface area contributed by atoms with Gasteiger partial charge in [0.2, 0.25) is 5.91 Å². The van der Waals surface area contributed by atoms with Crippen molar-refractivity contribution in [2.24, 2.45) is 0 Å². The molecule has 1 aliphatic carbocycles. The summed E-state index contributed by atoms with van der Waals surface area (Å²) >= 11 is 0.991. The van der Waals surface area contributed by atoms with E-state index >= 15 is 0 Å². The number of aromatic nitrogens is 2. The van der Waals surface area contributed by atoms with Crippen LogP contribution < -0.4 is 5.32 Å². The third-order valence-electron chi connectivity index (χ3n) is 4.39. The summed E-state index contributed by atoms with van der Waals surface area (Å²) in [5, 5.41) is 3.07. The van der Waals surface area contributed by atoms with Crippen molar-refractivity contribution in [3.05, 3.63) is 47.8 Å². The van der Waals surface area contributed by atoms with E-state index in [0.717, 1.165) is 43.0 Å². The number of hydrogen-bond acceptors (Lipinski definition) is 5. The van der Waals surface area contributed by atoms with Gasteiger partial charge in [0.1, 0.15) is 6.54 Å². The molecule has 0 bridgehead atoms. The van der Waals surface area contributed by atoms with Crippen molar-refractivity contribution in [2.75, 3.05) is 6.54 Å². The molecule has 0 spiro atoms. The van der Waals surface area contributed by atoms with Crippen molar-refractivity contribution in [1.29, 1.82) is 0 Å². The van der Waals surface area contributed by atoms with Gasteiger partial charge in [-0.25, -0.2) is 0 Å². The fraction of sp³-hybridized carbons (Fsp3) is 0.444. The van der Waals surface area contributed by atoms with E-state index in [0.29, 0.717) is 6.54 Å². The number of nitrogens with one attached hydrogen (secondary N) is 1. The lowest BCUT2D eigenvalue weighted by Gasteiger charge is -2.26. The molecule has 1 aromatic carbocycles. The van der Waals surface area contributed by atoms with Gasteiger partial charge in [0.15, 0.2) is 5.69 Å². The molecule has 0 atom stereocenters. The molecule has 1 saturated carbocycles. The molecule has 1 fully saturated rings. The van der Waals surface area contributed by atoms with Gasteiger partial charge < -0.3 is 10.2 Å². The Labute approximate surface area is 151 Å². The first-order chi connectivity index (χ1) is 12.2. The molecule has 0 aliphatic heterocycles. The van der Waals surface area contributed by atoms with Crippen LogP contribution in [-0.4, -0.2) is 38.0 Å². The molecule has 0 saturated heterocycles. The van der Waals surface area contributed by atoms with E-state index in [1.807, 2.05) is 30.3 Å². The van der Waals surface area contributed by atoms with Gasteiger partial charge in [-0.15, -0.1) is 0 Å². The van der Waals surface area contributed by atoms with Crippen molar-refractivity contribution in [3.63, 3.8) is 0 Å². The molecule has 1 N–H and O–H groups in total. The molecule has 3 rings (SSSR count). The monoisotopic (exact) mass is 358 g/mol. The Morgan fingerprint density at radius 1 is 1.16 bits per heavy atom. The maximum atomic E-state index is 12.7. The van der Waals surface area contributed by atoms with E-state index in [9.17, 15) is 9.59 Å². The fourth-order valence-electron chi connectivity index (χ4n) is 3.12. The zero-order valence-electron chi connectivity index (χ0n) is 14.1. The van der Waals surface area contributed by atoms with E-state index in [2.05, 4.69) is 14.1 Å². The Hall–Kier alpha value is -2.28. The lowest BCUT2D eigenvalue weighted by Crippen LogP contribution is -2.44. The van der Waals surface area contributed by atoms with Crippen LogP contribution in [0.4, 0.5) is 0 Å². The zero-order chi connectivity index (χ0) is 17.5. The van der Waals surface area contributed by atoms with Gasteiger partial charge >= 0.3 is 0 Å². The van der Waals surface area contributed by atoms with Gasteiger partial charge in [-0.3, -0.25) is 9.59 Å². The highest BCUT2D eigenvalue weighted by Gasteiger charge is 2.23. The topological polar surface area (TPSA) is 75.2 Å². The van der Waals surface area contributed by atoms with Crippen LogP contribution in [0.2, 0.25) is 0 Å². The number of rotatable bonds is 6. The van der Waals surface area contributed by atoms with Gasteiger partial charge in [-0.2, -0.15) is 8.75 Å². The van der Waals surface area contributed by atoms with Crippen LogP contribution in [0.3, 0.4) is 0 Å². The first kappa shape index (κ1) is 17.5. The highest BCUT2D eigenvalue weighted by Crippen LogP contribution is 2.17. The van der Waals surface area contributed by atoms with Gasteiger partial charge in [-0.05, 0) is 18.4 Å². The van der Waals surface area contributed by atoms with Crippen molar-refractivity contribution in [1.82, 2.24) is 19.0 Å². The number of amides is 2. The Balaban J connectivity index is 1.67. The van der Waals surface area contributed by atoms with Crippen LogP contribution in [-0.2, 0) is 11.3 Å². The number of benzene rings is 1. The number of nitrogens with zero attached hydrogens (tertiary/aromatic N) is 3. The summed E-state index contributed by atoms with van der Waals surface area (Å²) < 4.78 is 7.90. The average Bonchev–Trinajstić information content (AvgIpc) is 3.17. The van der Waals surface area contributed by atoms with E-state index in [1.165, 1.54) is 17.5 Å². The Bertz CT molecular complexity index is 684. The standard InChI is InChI=1S/C18H22N4O2S/c23-17(20-15-9-5-2-6-10-15)13-22(12-14-7-3-1-4-8-14)18(24)16-11-19-25-21-16/h1,3-4,7-8,11,15H,2,5-6,9-10,12-13H2,(H,20,23). The summed E-state index contributed by atoms with van der Waals surface area (Å²) in [4.78, 5) is 26.7. The van der Waals surface area contributed by atoms with Gasteiger partial charge in [0.05, 0.1) is 17.9 Å². The maximum absolute atomic E-state index is 12.7. The van der Waals surface area contributed by atoms with Crippen LogP contribution in [0.5, 0.6) is 0 Å². The van der Waals surface area contributed by atoms with Crippen LogP contribution >= 0.6 is 11.7 Å². The second-order valence-corrected chi connectivity index (χ2v) is 6.90. The summed E-state index contributed by atoms with van der Waals surface area (Å²) in [6, 6.07) is 9.89. The molecule has 2 amide bonds. The summed E-state index contributed by atoms with van der Waals surface area (Å²) in [5.74, 6) is -0.379. The number of hydrogen-bond donors (Lipinski definition) is 1. The molecule has 132 valence electrons. The molecule has 25 heavy (non-hydrogen) atoms. The SMILES string of the molecule is O=C(CN(Cc1ccccc1)C(=O)c1cnsn1)NC1CCCCC1. The van der Waals surface area contributed by atoms with E-state index in [-0.39, 0.29) is 30.1 Å². The minimum Gasteiger partial charge on any atom is -0.352 e. The lowest BCUT2D eigenvalue weighted by molar-refractivity contribution is -0.122. The molecule has 1 heterocycles. The van der Waals surface area contributed by atoms with Gasteiger partial charge in [0.25, 0.3) is 5.91 Å². The molecule has 7 heteroatoms. The van der Waals surface area contributed by atoms with Crippen molar-refractivity contribution < 1.29 is 9.59 Å². The highest BCUT2D eigenvalue weighted by molar-refractivity contribution is 6.99. The smallest absolute Gasteiger partial charge is 0.276 e. The predicted molar refractivity (Wildman–Crippen MR) is 96.1 cm³/mol. The van der Waals surface area contributed by atoms with Crippen molar-refractivity contribution in [2.45, 2.75) is 44.7 Å². The third-order valence-corrected chi connectivity index (χ3v) is 4.87. The van der Waals surface area contributed by atoms with E-state index in [4.69, 9.17) is 0 Å². The van der Waals surface area contributed by atoms with Crippen LogP contribution in [0.25, 0.3) is 0 Å². The predicted octanol–water partition coefficient (Wildman–Crippen LogP) is 2.63. The van der Waals surface area contributed by atoms with Crippen molar-refractivity contribution >= 4 is 23.5 Å². The molecular weight excluding hydrogens is 336 g/mol.